The zero-order chi connectivity index (χ0) is 17.1. The molecule has 124 valence electrons. The zero-order valence-electron chi connectivity index (χ0n) is 13.6. The van der Waals surface area contributed by atoms with E-state index in [2.05, 4.69) is 5.10 Å². The summed E-state index contributed by atoms with van der Waals surface area (Å²) in [6, 6.07) is 11.5. The molecule has 0 aliphatic heterocycles. The van der Waals surface area contributed by atoms with Gasteiger partial charge in [0.05, 0.1) is 23.9 Å². The monoisotopic (exact) mass is 341 g/mol. The number of rotatable bonds is 5. The van der Waals surface area contributed by atoms with E-state index in [1.807, 2.05) is 54.1 Å². The minimum Gasteiger partial charge on any atom is -0.466 e. The van der Waals surface area contributed by atoms with Gasteiger partial charge in [-0.2, -0.15) is 16.4 Å². The molecule has 2 aromatic heterocycles. The van der Waals surface area contributed by atoms with Crippen LogP contribution >= 0.6 is 11.3 Å². The number of hydrogen-bond acceptors (Lipinski definition) is 5. The molecule has 1 unspecified atom stereocenters. The maximum Gasteiger partial charge on any atom is 0.313 e. The van der Waals surface area contributed by atoms with Crippen molar-refractivity contribution in [2.75, 3.05) is 12.3 Å². The molecule has 1 aromatic carbocycles. The van der Waals surface area contributed by atoms with Crippen LogP contribution in [-0.4, -0.2) is 22.4 Å². The van der Waals surface area contributed by atoms with Crippen LogP contribution in [0.1, 0.15) is 25.3 Å². The third-order valence-electron chi connectivity index (χ3n) is 3.81. The Morgan fingerprint density at radius 2 is 2.21 bits per heavy atom. The van der Waals surface area contributed by atoms with Gasteiger partial charge in [0.25, 0.3) is 0 Å². The number of carbonyl (C=O) groups excluding carboxylic acids is 1. The van der Waals surface area contributed by atoms with E-state index in [-0.39, 0.29) is 11.9 Å². The molecule has 0 aliphatic carbocycles. The van der Waals surface area contributed by atoms with E-state index < -0.39 is 0 Å². The summed E-state index contributed by atoms with van der Waals surface area (Å²) >= 11 is 1.62. The van der Waals surface area contributed by atoms with Crippen LogP contribution < -0.4 is 5.73 Å². The van der Waals surface area contributed by atoms with Crippen molar-refractivity contribution in [3.63, 3.8) is 0 Å². The molecule has 2 heterocycles. The molecule has 0 radical (unpaired) electrons. The molecule has 5 nitrogen and oxygen atoms in total. The molecule has 3 rings (SSSR count). The van der Waals surface area contributed by atoms with Crippen LogP contribution in [0.3, 0.4) is 0 Å². The molecule has 3 aromatic rings. The summed E-state index contributed by atoms with van der Waals surface area (Å²) in [6.45, 7) is 4.01. The Labute approximate surface area is 144 Å². The average molecular weight is 341 g/mol. The number of ether oxygens (including phenoxy) is 1. The van der Waals surface area contributed by atoms with E-state index in [1.165, 1.54) is 0 Å². The fourth-order valence-corrected chi connectivity index (χ4v) is 3.13. The van der Waals surface area contributed by atoms with Crippen molar-refractivity contribution >= 4 is 23.1 Å². The summed E-state index contributed by atoms with van der Waals surface area (Å²) in [5.74, 6) is -0.0165. The quantitative estimate of drug-likeness (QED) is 0.716. The third kappa shape index (κ3) is 3.19. The van der Waals surface area contributed by atoms with E-state index in [9.17, 15) is 4.79 Å². The van der Waals surface area contributed by atoms with E-state index in [0.29, 0.717) is 12.4 Å². The van der Waals surface area contributed by atoms with Crippen molar-refractivity contribution in [3.05, 3.63) is 52.7 Å². The van der Waals surface area contributed by atoms with E-state index in [1.54, 1.807) is 22.9 Å². The van der Waals surface area contributed by atoms with E-state index in [4.69, 9.17) is 10.5 Å². The molecular weight excluding hydrogens is 322 g/mol. The number of benzene rings is 1. The van der Waals surface area contributed by atoms with Crippen LogP contribution in [0.4, 0.5) is 5.82 Å². The molecule has 0 saturated heterocycles. The molecule has 2 N–H and O–H groups in total. The minimum atomic E-state index is -0.335. The Hall–Kier alpha value is -2.60. The first-order valence-corrected chi connectivity index (χ1v) is 8.69. The fraction of sp³-hybridized carbons (Fsp3) is 0.222. The third-order valence-corrected chi connectivity index (χ3v) is 4.49. The Morgan fingerprint density at radius 3 is 2.92 bits per heavy atom. The first kappa shape index (κ1) is 16.3. The van der Waals surface area contributed by atoms with Gasteiger partial charge in [-0.3, -0.25) is 4.79 Å². The van der Waals surface area contributed by atoms with Crippen molar-refractivity contribution in [1.29, 1.82) is 0 Å². The normalized spacial score (nSPS) is 12.1. The van der Waals surface area contributed by atoms with Crippen LogP contribution in [0, 0.1) is 0 Å². The van der Waals surface area contributed by atoms with Crippen LogP contribution in [-0.2, 0) is 9.53 Å². The Balaban J connectivity index is 1.93. The Bertz CT molecular complexity index is 840. The van der Waals surface area contributed by atoms with Crippen LogP contribution in [0.2, 0.25) is 0 Å². The number of thiophene rings is 1. The summed E-state index contributed by atoms with van der Waals surface area (Å²) in [6.07, 6.45) is 0. The minimum absolute atomic E-state index is 0.234. The predicted molar refractivity (Wildman–Crippen MR) is 96.3 cm³/mol. The van der Waals surface area contributed by atoms with Crippen molar-refractivity contribution < 1.29 is 9.53 Å². The molecule has 0 spiro atoms. The molecule has 1 atom stereocenters. The second kappa shape index (κ2) is 6.88. The molecule has 24 heavy (non-hydrogen) atoms. The summed E-state index contributed by atoms with van der Waals surface area (Å²) < 4.78 is 6.78. The summed E-state index contributed by atoms with van der Waals surface area (Å²) in [5.41, 5.74) is 9.69. The lowest BCUT2D eigenvalue weighted by molar-refractivity contribution is -0.144. The van der Waals surface area contributed by atoms with Gasteiger partial charge >= 0.3 is 5.97 Å². The first-order valence-electron chi connectivity index (χ1n) is 7.75. The number of nitrogens with two attached hydrogens (primary N) is 1. The van der Waals surface area contributed by atoms with Crippen molar-refractivity contribution in [3.8, 4) is 16.9 Å². The van der Waals surface area contributed by atoms with Gasteiger partial charge in [0.2, 0.25) is 0 Å². The first-order chi connectivity index (χ1) is 11.6. The second-order valence-corrected chi connectivity index (χ2v) is 6.23. The SMILES string of the molecule is CCOC(=O)C(C)c1cccc(-n2nc(-c3ccsc3)cc2N)c1. The lowest BCUT2D eigenvalue weighted by atomic mass is 10.0. The van der Waals surface area contributed by atoms with Gasteiger partial charge in [-0.25, -0.2) is 4.68 Å². The standard InChI is InChI=1S/C18H19N3O2S/c1-3-23-18(22)12(2)13-5-4-6-15(9-13)21-17(19)10-16(20-21)14-7-8-24-11-14/h4-12H,3,19H2,1-2H3. The number of anilines is 1. The maximum atomic E-state index is 11.9. The predicted octanol–water partition coefficient (Wildman–Crippen LogP) is 3.85. The van der Waals surface area contributed by atoms with E-state index in [0.717, 1.165) is 22.5 Å². The van der Waals surface area contributed by atoms with Gasteiger partial charge in [-0.05, 0) is 43.0 Å². The molecule has 0 amide bonds. The van der Waals surface area contributed by atoms with E-state index >= 15 is 0 Å². The lowest BCUT2D eigenvalue weighted by Crippen LogP contribution is -2.13. The number of esters is 1. The summed E-state index contributed by atoms with van der Waals surface area (Å²) in [4.78, 5) is 11.9. The van der Waals surface area contributed by atoms with Crippen molar-refractivity contribution in [2.24, 2.45) is 0 Å². The van der Waals surface area contributed by atoms with Gasteiger partial charge in [-0.15, -0.1) is 0 Å². The number of nitrogens with zero attached hydrogens (tertiary/aromatic N) is 2. The molecule has 0 saturated carbocycles. The second-order valence-electron chi connectivity index (χ2n) is 5.45. The summed E-state index contributed by atoms with van der Waals surface area (Å²) in [7, 11) is 0. The van der Waals surface area contributed by atoms with Crippen molar-refractivity contribution in [1.82, 2.24) is 9.78 Å². The van der Waals surface area contributed by atoms with Gasteiger partial charge in [0, 0.05) is 17.0 Å². The fourth-order valence-electron chi connectivity index (χ4n) is 2.48. The zero-order valence-corrected chi connectivity index (χ0v) is 14.4. The highest BCUT2D eigenvalue weighted by molar-refractivity contribution is 7.08. The molecular formula is C18H19N3O2S. The molecule has 6 heteroatoms. The van der Waals surface area contributed by atoms with Crippen LogP contribution in [0.15, 0.2) is 47.2 Å². The number of nitrogen functional groups attached to an aromatic ring is 1. The number of carbonyl (C=O) groups is 1. The largest absolute Gasteiger partial charge is 0.466 e. The van der Waals surface area contributed by atoms with Gasteiger partial charge in [0.15, 0.2) is 0 Å². The van der Waals surface area contributed by atoms with Gasteiger partial charge < -0.3 is 10.5 Å². The lowest BCUT2D eigenvalue weighted by Gasteiger charge is -2.12. The topological polar surface area (TPSA) is 70.1 Å². The van der Waals surface area contributed by atoms with Crippen LogP contribution in [0.5, 0.6) is 0 Å². The molecule has 0 bridgehead atoms. The van der Waals surface area contributed by atoms with Gasteiger partial charge in [-0.1, -0.05) is 12.1 Å². The maximum absolute atomic E-state index is 11.9. The smallest absolute Gasteiger partial charge is 0.313 e. The Morgan fingerprint density at radius 1 is 1.38 bits per heavy atom. The number of aromatic nitrogens is 2. The Kier molecular flexibility index (Phi) is 4.66. The highest BCUT2D eigenvalue weighted by Crippen LogP contribution is 2.26. The highest BCUT2D eigenvalue weighted by atomic mass is 32.1. The summed E-state index contributed by atoms with van der Waals surface area (Å²) in [5, 5.41) is 8.63. The number of hydrogen-bond donors (Lipinski definition) is 1. The van der Waals surface area contributed by atoms with Gasteiger partial charge in [0.1, 0.15) is 5.82 Å². The average Bonchev–Trinajstić information content (AvgIpc) is 3.24. The molecule has 0 fully saturated rings. The molecule has 0 aliphatic rings. The van der Waals surface area contributed by atoms with Crippen molar-refractivity contribution in [2.45, 2.75) is 19.8 Å². The highest BCUT2D eigenvalue weighted by Gasteiger charge is 2.17. The van der Waals surface area contributed by atoms with Crippen LogP contribution in [0.25, 0.3) is 16.9 Å².